The van der Waals surface area contributed by atoms with Crippen molar-refractivity contribution >= 4 is 34.9 Å². The fraction of sp³-hybridized carbons (Fsp3) is 0.550. The Balaban J connectivity index is 1.53. The third-order valence-electron chi connectivity index (χ3n) is 4.86. The maximum atomic E-state index is 6.36. The number of unbranched alkanes of at least 4 members (excludes halogenated alkanes) is 1. The normalized spacial score (nSPS) is 14.4. The first-order chi connectivity index (χ1) is 15.1. The van der Waals surface area contributed by atoms with Gasteiger partial charge in [-0.05, 0) is 18.1 Å². The van der Waals surface area contributed by atoms with Crippen molar-refractivity contribution in [1.82, 2.24) is 19.9 Å². The number of nitrogens with zero attached hydrogens (tertiary/aromatic N) is 4. The lowest BCUT2D eigenvalue weighted by Crippen LogP contribution is -2.38. The van der Waals surface area contributed by atoms with Crippen LogP contribution in [0.5, 0.6) is 5.88 Å². The van der Waals surface area contributed by atoms with Crippen molar-refractivity contribution in [3.63, 3.8) is 0 Å². The van der Waals surface area contributed by atoms with Crippen LogP contribution in [-0.4, -0.2) is 65.9 Å². The molecule has 170 valence electrons. The van der Waals surface area contributed by atoms with E-state index in [4.69, 9.17) is 32.5 Å². The predicted molar refractivity (Wildman–Crippen MR) is 124 cm³/mol. The van der Waals surface area contributed by atoms with E-state index in [0.29, 0.717) is 41.5 Å². The molecule has 0 saturated carbocycles. The highest BCUT2D eigenvalue weighted by Gasteiger charge is 2.12. The van der Waals surface area contributed by atoms with Crippen LogP contribution in [0.25, 0.3) is 0 Å². The lowest BCUT2D eigenvalue weighted by molar-refractivity contribution is 0.0320. The second-order valence-electron chi connectivity index (χ2n) is 7.26. The molecule has 1 aliphatic rings. The number of pyridine rings is 1. The number of ether oxygens (including phenoxy) is 2. The first-order valence-electron chi connectivity index (χ1n) is 10.5. The average molecular weight is 451 g/mol. The Morgan fingerprint density at radius 3 is 2.77 bits per heavy atom. The highest BCUT2D eigenvalue weighted by Crippen LogP contribution is 2.26. The summed E-state index contributed by atoms with van der Waals surface area (Å²) >= 11 is 6.36. The van der Waals surface area contributed by atoms with E-state index in [0.717, 1.165) is 57.8 Å². The zero-order valence-corrected chi connectivity index (χ0v) is 18.6. The largest absolute Gasteiger partial charge is 0.475 e. The zero-order valence-electron chi connectivity index (χ0n) is 17.9. The molecule has 1 fully saturated rings. The van der Waals surface area contributed by atoms with Crippen LogP contribution in [0.3, 0.4) is 0 Å². The third kappa shape index (κ3) is 6.98. The number of hydrogen-bond acceptors (Lipinski definition) is 10. The van der Waals surface area contributed by atoms with Crippen molar-refractivity contribution in [1.29, 1.82) is 0 Å². The van der Waals surface area contributed by atoms with Crippen molar-refractivity contribution in [3.05, 3.63) is 22.8 Å². The number of morpholine rings is 1. The topological polar surface area (TPSA) is 136 Å². The van der Waals surface area contributed by atoms with Crippen LogP contribution in [0.15, 0.2) is 12.3 Å². The maximum Gasteiger partial charge on any atom is 0.232 e. The van der Waals surface area contributed by atoms with Gasteiger partial charge in [0.05, 0.1) is 13.2 Å². The minimum Gasteiger partial charge on any atom is -0.475 e. The first-order valence-corrected chi connectivity index (χ1v) is 10.9. The number of halogens is 1. The molecule has 1 aliphatic heterocycles. The molecule has 2 aromatic rings. The summed E-state index contributed by atoms with van der Waals surface area (Å²) < 4.78 is 11.1. The van der Waals surface area contributed by atoms with Gasteiger partial charge in [-0.2, -0.15) is 9.97 Å². The van der Waals surface area contributed by atoms with Gasteiger partial charge in [0.15, 0.2) is 11.6 Å². The van der Waals surface area contributed by atoms with Crippen molar-refractivity contribution < 1.29 is 9.47 Å². The van der Waals surface area contributed by atoms with E-state index in [1.807, 2.05) is 6.07 Å². The van der Waals surface area contributed by atoms with Crippen LogP contribution in [0.4, 0.5) is 23.3 Å². The molecular weight excluding hydrogens is 420 g/mol. The van der Waals surface area contributed by atoms with Gasteiger partial charge >= 0.3 is 0 Å². The molecule has 0 amide bonds. The Morgan fingerprint density at radius 2 is 2.03 bits per heavy atom. The van der Waals surface area contributed by atoms with Crippen LogP contribution in [0, 0.1) is 0 Å². The van der Waals surface area contributed by atoms with Crippen LogP contribution >= 0.6 is 11.6 Å². The second kappa shape index (κ2) is 11.7. The standard InChI is InChI=1S/C20H31ClN8O2/c1-2-3-4-24-20-27-17(23)16(22)18(28-20)25-12-14-11-15(21)19(26-13-14)31-10-7-29-5-8-30-9-6-29/h11,13H,2-10,12,22H2,1H3,(H4,23,24,25,27,28). The second-order valence-corrected chi connectivity index (χ2v) is 7.67. The number of nitrogens with one attached hydrogen (secondary N) is 2. The van der Waals surface area contributed by atoms with Gasteiger partial charge in [0.25, 0.3) is 0 Å². The molecule has 0 atom stereocenters. The number of nitrogen functional groups attached to an aromatic ring is 2. The molecule has 6 N–H and O–H groups in total. The molecular formula is C20H31ClN8O2. The van der Waals surface area contributed by atoms with Gasteiger partial charge in [-0.3, -0.25) is 4.90 Å². The molecule has 0 aromatic carbocycles. The molecule has 3 rings (SSSR count). The van der Waals surface area contributed by atoms with E-state index < -0.39 is 0 Å². The highest BCUT2D eigenvalue weighted by atomic mass is 35.5. The van der Waals surface area contributed by atoms with E-state index in [9.17, 15) is 0 Å². The van der Waals surface area contributed by atoms with E-state index in [-0.39, 0.29) is 5.82 Å². The molecule has 0 bridgehead atoms. The van der Waals surface area contributed by atoms with E-state index in [1.165, 1.54) is 0 Å². The summed E-state index contributed by atoms with van der Waals surface area (Å²) in [5.41, 5.74) is 13.1. The minimum absolute atomic E-state index is 0.233. The van der Waals surface area contributed by atoms with Gasteiger partial charge < -0.3 is 31.6 Å². The molecule has 10 nitrogen and oxygen atoms in total. The van der Waals surface area contributed by atoms with Gasteiger partial charge in [-0.15, -0.1) is 0 Å². The zero-order chi connectivity index (χ0) is 22.1. The SMILES string of the molecule is CCCCNc1nc(N)c(N)c(NCc2cnc(OCCN3CCOCC3)c(Cl)c2)n1. The van der Waals surface area contributed by atoms with Crippen LogP contribution in [0.2, 0.25) is 5.02 Å². The summed E-state index contributed by atoms with van der Waals surface area (Å²) in [5, 5.41) is 6.79. The Kier molecular flexibility index (Phi) is 8.74. The van der Waals surface area contributed by atoms with E-state index in [1.54, 1.807) is 6.20 Å². The Labute approximate surface area is 187 Å². The van der Waals surface area contributed by atoms with Crippen molar-refractivity contribution in [2.45, 2.75) is 26.3 Å². The van der Waals surface area contributed by atoms with Crippen LogP contribution in [0.1, 0.15) is 25.3 Å². The van der Waals surface area contributed by atoms with E-state index in [2.05, 4.69) is 37.4 Å². The van der Waals surface area contributed by atoms with Crippen molar-refractivity contribution in [2.75, 3.05) is 68.1 Å². The first kappa shape index (κ1) is 23.1. The summed E-state index contributed by atoms with van der Waals surface area (Å²) in [6, 6.07) is 1.81. The number of rotatable bonds is 11. The summed E-state index contributed by atoms with van der Waals surface area (Å²) in [6.45, 7) is 8.01. The van der Waals surface area contributed by atoms with Crippen molar-refractivity contribution in [2.24, 2.45) is 0 Å². The molecule has 3 heterocycles. The smallest absolute Gasteiger partial charge is 0.232 e. The number of hydrogen-bond donors (Lipinski definition) is 4. The fourth-order valence-corrected chi connectivity index (χ4v) is 3.27. The summed E-state index contributed by atoms with van der Waals surface area (Å²) in [7, 11) is 0. The monoisotopic (exact) mass is 450 g/mol. The van der Waals surface area contributed by atoms with Gasteiger partial charge in [0.1, 0.15) is 17.3 Å². The molecule has 0 unspecified atom stereocenters. The predicted octanol–water partition coefficient (Wildman–Crippen LogP) is 2.22. The Bertz CT molecular complexity index is 848. The highest BCUT2D eigenvalue weighted by molar-refractivity contribution is 6.31. The number of anilines is 4. The number of aromatic nitrogens is 3. The third-order valence-corrected chi connectivity index (χ3v) is 5.13. The minimum atomic E-state index is 0.233. The van der Waals surface area contributed by atoms with Crippen LogP contribution in [-0.2, 0) is 11.3 Å². The molecule has 11 heteroatoms. The lowest BCUT2D eigenvalue weighted by Gasteiger charge is -2.26. The summed E-state index contributed by atoms with van der Waals surface area (Å²) in [6.07, 6.45) is 3.80. The lowest BCUT2D eigenvalue weighted by atomic mass is 10.3. The maximum absolute atomic E-state index is 6.36. The Hall–Kier alpha value is -2.56. The van der Waals surface area contributed by atoms with Gasteiger partial charge in [-0.25, -0.2) is 4.98 Å². The number of nitrogens with two attached hydrogens (primary N) is 2. The fourth-order valence-electron chi connectivity index (χ4n) is 3.03. The molecule has 0 radical (unpaired) electrons. The van der Waals surface area contributed by atoms with Gasteiger partial charge in [-0.1, -0.05) is 24.9 Å². The molecule has 0 spiro atoms. The molecule has 2 aromatic heterocycles. The van der Waals surface area contributed by atoms with Gasteiger partial charge in [0, 0.05) is 38.9 Å². The molecule has 31 heavy (non-hydrogen) atoms. The Morgan fingerprint density at radius 1 is 1.23 bits per heavy atom. The van der Waals surface area contributed by atoms with Gasteiger partial charge in [0.2, 0.25) is 11.8 Å². The quantitative estimate of drug-likeness (QED) is 0.377. The summed E-state index contributed by atoms with van der Waals surface area (Å²) in [4.78, 5) is 15.2. The van der Waals surface area contributed by atoms with Crippen LogP contribution < -0.4 is 26.8 Å². The molecule has 1 saturated heterocycles. The average Bonchev–Trinajstić information content (AvgIpc) is 2.77. The van der Waals surface area contributed by atoms with Crippen molar-refractivity contribution in [3.8, 4) is 5.88 Å². The summed E-state index contributed by atoms with van der Waals surface area (Å²) in [5.74, 6) is 1.57. The van der Waals surface area contributed by atoms with E-state index >= 15 is 0 Å². The molecule has 0 aliphatic carbocycles.